The van der Waals surface area contributed by atoms with Gasteiger partial charge in [0.15, 0.2) is 5.76 Å². The lowest BCUT2D eigenvalue weighted by Gasteiger charge is -2.19. The lowest BCUT2D eigenvalue weighted by molar-refractivity contribution is -0.402. The van der Waals surface area contributed by atoms with Crippen LogP contribution < -0.4 is 0 Å². The zero-order valence-electron chi connectivity index (χ0n) is 9.24. The molecule has 1 atom stereocenters. The Balaban J connectivity index is 2.20. The van der Waals surface area contributed by atoms with Crippen LogP contribution >= 0.6 is 0 Å². The smallest absolute Gasteiger partial charge is 0.433 e. The van der Waals surface area contributed by atoms with Gasteiger partial charge in [-0.2, -0.15) is 0 Å². The van der Waals surface area contributed by atoms with E-state index in [9.17, 15) is 19.7 Å². The number of furan rings is 1. The summed E-state index contributed by atoms with van der Waals surface area (Å²) in [5, 5.41) is 19.4. The molecule has 1 amide bonds. The van der Waals surface area contributed by atoms with Gasteiger partial charge >= 0.3 is 11.9 Å². The number of carbonyl (C=O) groups excluding carboxylic acids is 1. The normalized spacial score (nSPS) is 18.9. The van der Waals surface area contributed by atoms with Crippen LogP contribution in [0.25, 0.3) is 0 Å². The van der Waals surface area contributed by atoms with Crippen LogP contribution in [0.4, 0.5) is 5.88 Å². The maximum absolute atomic E-state index is 11.9. The molecule has 0 radical (unpaired) electrons. The van der Waals surface area contributed by atoms with Crippen LogP contribution in [0.5, 0.6) is 0 Å². The molecule has 0 aliphatic carbocycles. The number of carboxylic acids is 1. The van der Waals surface area contributed by atoms with Gasteiger partial charge in [0.1, 0.15) is 11.0 Å². The summed E-state index contributed by atoms with van der Waals surface area (Å²) in [7, 11) is 0. The molecule has 8 nitrogen and oxygen atoms in total. The fourth-order valence-electron chi connectivity index (χ4n) is 1.95. The highest BCUT2D eigenvalue weighted by Gasteiger charge is 2.36. The summed E-state index contributed by atoms with van der Waals surface area (Å²) in [6.45, 7) is 0.310. The first kappa shape index (κ1) is 12.1. The van der Waals surface area contributed by atoms with E-state index in [1.807, 2.05) is 0 Å². The molecule has 0 aromatic carbocycles. The van der Waals surface area contributed by atoms with Gasteiger partial charge in [-0.3, -0.25) is 14.9 Å². The second-order valence-corrected chi connectivity index (χ2v) is 3.89. The molecule has 1 aromatic rings. The van der Waals surface area contributed by atoms with Crippen molar-refractivity contribution < 1.29 is 24.0 Å². The molecule has 1 fully saturated rings. The Hall–Kier alpha value is -2.38. The van der Waals surface area contributed by atoms with Gasteiger partial charge in [-0.1, -0.05) is 0 Å². The van der Waals surface area contributed by atoms with E-state index in [1.54, 1.807) is 0 Å². The number of rotatable bonds is 3. The van der Waals surface area contributed by atoms with Crippen LogP contribution in [0.1, 0.15) is 23.4 Å². The van der Waals surface area contributed by atoms with Crippen molar-refractivity contribution in [2.75, 3.05) is 6.54 Å². The Morgan fingerprint density at radius 1 is 1.50 bits per heavy atom. The highest BCUT2D eigenvalue weighted by Crippen LogP contribution is 2.23. The predicted molar refractivity (Wildman–Crippen MR) is 57.1 cm³/mol. The summed E-state index contributed by atoms with van der Waals surface area (Å²) in [5.74, 6) is -2.46. The van der Waals surface area contributed by atoms with Crippen LogP contribution in [-0.2, 0) is 4.79 Å². The molecular formula is C10H10N2O6. The first-order valence-corrected chi connectivity index (χ1v) is 5.28. The van der Waals surface area contributed by atoms with Crippen LogP contribution in [0.15, 0.2) is 16.5 Å². The molecular weight excluding hydrogens is 244 g/mol. The first-order valence-electron chi connectivity index (χ1n) is 5.28. The molecule has 1 aliphatic heterocycles. The third kappa shape index (κ3) is 2.04. The number of likely N-dealkylation sites (tertiary alicyclic amines) is 1. The fraction of sp³-hybridized carbons (Fsp3) is 0.400. The lowest BCUT2D eigenvalue weighted by atomic mass is 10.2. The Bertz CT molecular complexity index is 508. The van der Waals surface area contributed by atoms with Crippen LogP contribution in [0.3, 0.4) is 0 Å². The molecule has 18 heavy (non-hydrogen) atoms. The van der Waals surface area contributed by atoms with Crippen molar-refractivity contribution in [3.05, 3.63) is 28.0 Å². The maximum atomic E-state index is 11.9. The SMILES string of the molecule is O=C(O)C1CCCN1C(=O)c1ccc([N+](=O)[O-])o1. The van der Waals surface area contributed by atoms with Gasteiger partial charge in [-0.05, 0) is 18.9 Å². The van der Waals surface area contributed by atoms with Crippen molar-refractivity contribution in [2.45, 2.75) is 18.9 Å². The van der Waals surface area contributed by atoms with Crippen molar-refractivity contribution in [3.8, 4) is 0 Å². The summed E-state index contributed by atoms with van der Waals surface area (Å²) in [6, 6.07) is 1.36. The minimum absolute atomic E-state index is 0.213. The summed E-state index contributed by atoms with van der Waals surface area (Å²) >= 11 is 0. The Morgan fingerprint density at radius 2 is 2.22 bits per heavy atom. The molecule has 1 N–H and O–H groups in total. The highest BCUT2D eigenvalue weighted by molar-refractivity contribution is 5.94. The second kappa shape index (κ2) is 4.47. The Labute approximate surface area is 101 Å². The van der Waals surface area contributed by atoms with Crippen molar-refractivity contribution >= 4 is 17.8 Å². The van der Waals surface area contributed by atoms with Crippen LogP contribution in [0, 0.1) is 10.1 Å². The van der Waals surface area contributed by atoms with Crippen molar-refractivity contribution in [3.63, 3.8) is 0 Å². The van der Waals surface area contributed by atoms with Gasteiger partial charge < -0.3 is 14.4 Å². The number of nitrogens with zero attached hydrogens (tertiary/aromatic N) is 2. The molecule has 2 heterocycles. The van der Waals surface area contributed by atoms with Gasteiger partial charge in [0.2, 0.25) is 0 Å². The van der Waals surface area contributed by atoms with Gasteiger partial charge in [0.05, 0.1) is 6.07 Å². The number of carboxylic acid groups (broad SMARTS) is 1. The highest BCUT2D eigenvalue weighted by atomic mass is 16.6. The zero-order chi connectivity index (χ0) is 13.3. The molecule has 1 aromatic heterocycles. The minimum atomic E-state index is -1.08. The number of nitro groups is 1. The average Bonchev–Trinajstić information content (AvgIpc) is 2.97. The monoisotopic (exact) mass is 254 g/mol. The van der Waals surface area contributed by atoms with Gasteiger partial charge in [-0.25, -0.2) is 4.79 Å². The fourth-order valence-corrected chi connectivity index (χ4v) is 1.95. The quantitative estimate of drug-likeness (QED) is 0.632. The molecule has 1 aliphatic rings. The average molecular weight is 254 g/mol. The van der Waals surface area contributed by atoms with E-state index in [2.05, 4.69) is 0 Å². The first-order chi connectivity index (χ1) is 8.50. The van der Waals surface area contributed by atoms with Gasteiger partial charge in [0, 0.05) is 6.54 Å². The van der Waals surface area contributed by atoms with E-state index in [4.69, 9.17) is 9.52 Å². The summed E-state index contributed by atoms with van der Waals surface area (Å²) in [6.07, 6.45) is 0.968. The lowest BCUT2D eigenvalue weighted by Crippen LogP contribution is -2.40. The molecule has 2 rings (SSSR count). The number of amides is 1. The zero-order valence-corrected chi connectivity index (χ0v) is 9.24. The minimum Gasteiger partial charge on any atom is -0.480 e. The molecule has 0 saturated carbocycles. The summed E-state index contributed by atoms with van der Waals surface area (Å²) in [4.78, 5) is 33.7. The molecule has 0 bridgehead atoms. The molecule has 0 spiro atoms. The third-order valence-electron chi connectivity index (χ3n) is 2.78. The van der Waals surface area contributed by atoms with E-state index in [1.165, 1.54) is 6.07 Å². The second-order valence-electron chi connectivity index (χ2n) is 3.89. The van der Waals surface area contributed by atoms with Crippen molar-refractivity contribution in [2.24, 2.45) is 0 Å². The number of hydrogen-bond donors (Lipinski definition) is 1. The standard InChI is InChI=1S/C10H10N2O6/c13-9(7-3-4-8(18-7)12(16)17)11-5-1-2-6(11)10(14)15/h3-4,6H,1-2,5H2,(H,14,15). The van der Waals surface area contributed by atoms with Crippen LogP contribution in [0.2, 0.25) is 0 Å². The molecule has 1 unspecified atom stereocenters. The number of aliphatic carboxylic acids is 1. The van der Waals surface area contributed by atoms with E-state index >= 15 is 0 Å². The van der Waals surface area contributed by atoms with Gasteiger partial charge in [-0.15, -0.1) is 0 Å². The maximum Gasteiger partial charge on any atom is 0.433 e. The molecule has 8 heteroatoms. The third-order valence-corrected chi connectivity index (χ3v) is 2.78. The Morgan fingerprint density at radius 3 is 2.78 bits per heavy atom. The topological polar surface area (TPSA) is 114 Å². The van der Waals surface area contributed by atoms with E-state index in [-0.39, 0.29) is 5.76 Å². The number of carbonyl (C=O) groups is 2. The largest absolute Gasteiger partial charge is 0.480 e. The predicted octanol–water partition coefficient (Wildman–Crippen LogP) is 0.877. The Kier molecular flexibility index (Phi) is 3.00. The summed E-state index contributed by atoms with van der Waals surface area (Å²) < 4.78 is 4.76. The number of hydrogen-bond acceptors (Lipinski definition) is 5. The van der Waals surface area contributed by atoms with E-state index in [0.29, 0.717) is 19.4 Å². The van der Waals surface area contributed by atoms with Crippen molar-refractivity contribution in [1.29, 1.82) is 0 Å². The molecule has 1 saturated heterocycles. The molecule has 96 valence electrons. The van der Waals surface area contributed by atoms with Crippen LogP contribution in [-0.4, -0.2) is 39.4 Å². The summed E-state index contributed by atoms with van der Waals surface area (Å²) in [5.41, 5.74) is 0. The van der Waals surface area contributed by atoms with E-state index in [0.717, 1.165) is 11.0 Å². The van der Waals surface area contributed by atoms with Crippen molar-refractivity contribution in [1.82, 2.24) is 4.90 Å². The van der Waals surface area contributed by atoms with E-state index < -0.39 is 28.7 Å². The van der Waals surface area contributed by atoms with Gasteiger partial charge in [0.25, 0.3) is 5.91 Å².